The Kier molecular flexibility index (Phi) is 3.12. The summed E-state index contributed by atoms with van der Waals surface area (Å²) in [7, 11) is 0. The van der Waals surface area contributed by atoms with Gasteiger partial charge >= 0.3 is 0 Å². The van der Waals surface area contributed by atoms with Gasteiger partial charge in [-0.25, -0.2) is 0 Å². The van der Waals surface area contributed by atoms with Gasteiger partial charge in [0.2, 0.25) is 0 Å². The van der Waals surface area contributed by atoms with E-state index in [4.69, 9.17) is 4.74 Å². The predicted octanol–water partition coefficient (Wildman–Crippen LogP) is 1.90. The average Bonchev–Trinajstić information content (AvgIpc) is 2.96. The van der Waals surface area contributed by atoms with Crippen molar-refractivity contribution >= 4 is 0 Å². The number of aliphatic hydroxyl groups excluding tert-OH is 1. The summed E-state index contributed by atoms with van der Waals surface area (Å²) in [5.74, 6) is 0.782. The Hall–Kier alpha value is -0.930. The van der Waals surface area contributed by atoms with Gasteiger partial charge in [0.1, 0.15) is 0 Å². The van der Waals surface area contributed by atoms with E-state index in [1.54, 1.807) is 0 Å². The van der Waals surface area contributed by atoms with Crippen LogP contribution in [0.1, 0.15) is 36.4 Å². The largest absolute Gasteiger partial charge is 0.392 e. The number of aryl methyl sites for hydroxylation is 1. The van der Waals surface area contributed by atoms with Gasteiger partial charge in [-0.05, 0) is 43.2 Å². The van der Waals surface area contributed by atoms with Crippen molar-refractivity contribution < 1.29 is 9.84 Å². The van der Waals surface area contributed by atoms with E-state index < -0.39 is 0 Å². The van der Waals surface area contributed by atoms with Gasteiger partial charge in [-0.3, -0.25) is 4.98 Å². The molecule has 1 aliphatic heterocycles. The Morgan fingerprint density at radius 3 is 3.24 bits per heavy atom. The highest BCUT2D eigenvalue weighted by Gasteiger charge is 2.31. The molecule has 3 unspecified atom stereocenters. The van der Waals surface area contributed by atoms with E-state index in [-0.39, 0.29) is 12.0 Å². The van der Waals surface area contributed by atoms with E-state index in [2.05, 4.69) is 11.1 Å². The molecule has 0 saturated carbocycles. The molecule has 0 bridgehead atoms. The first-order valence-electron chi connectivity index (χ1n) is 6.54. The number of aromatic nitrogens is 1. The summed E-state index contributed by atoms with van der Waals surface area (Å²) in [5.41, 5.74) is 2.44. The minimum atomic E-state index is -0.252. The third kappa shape index (κ3) is 2.22. The summed E-state index contributed by atoms with van der Waals surface area (Å²) in [6.45, 7) is 1.68. The number of aliphatic hydroxyl groups is 1. The number of hydrogen-bond donors (Lipinski definition) is 1. The zero-order valence-electron chi connectivity index (χ0n) is 10.0. The van der Waals surface area contributed by atoms with Gasteiger partial charge in [0, 0.05) is 31.0 Å². The first-order chi connectivity index (χ1) is 8.34. The van der Waals surface area contributed by atoms with Crippen LogP contribution in [0.3, 0.4) is 0 Å². The summed E-state index contributed by atoms with van der Waals surface area (Å²) < 4.78 is 5.36. The molecule has 3 atom stereocenters. The highest BCUT2D eigenvalue weighted by Crippen LogP contribution is 2.36. The van der Waals surface area contributed by atoms with Gasteiger partial charge < -0.3 is 9.84 Å². The molecule has 1 saturated heterocycles. The van der Waals surface area contributed by atoms with Crippen molar-refractivity contribution in [3.63, 3.8) is 0 Å². The molecule has 0 radical (unpaired) electrons. The minimum absolute atomic E-state index is 0.242. The normalized spacial score (nSPS) is 29.2. The van der Waals surface area contributed by atoms with Gasteiger partial charge in [-0.1, -0.05) is 6.07 Å². The molecule has 2 aliphatic rings. The van der Waals surface area contributed by atoms with Crippen LogP contribution in [-0.2, 0) is 11.2 Å². The molecule has 1 N–H and O–H groups in total. The van der Waals surface area contributed by atoms with E-state index in [1.807, 2.05) is 12.3 Å². The third-order valence-corrected chi connectivity index (χ3v) is 4.07. The highest BCUT2D eigenvalue weighted by molar-refractivity contribution is 5.29. The maximum absolute atomic E-state index is 10.4. The van der Waals surface area contributed by atoms with Crippen LogP contribution in [0.15, 0.2) is 18.3 Å². The average molecular weight is 233 g/mol. The van der Waals surface area contributed by atoms with Crippen molar-refractivity contribution in [3.05, 3.63) is 29.6 Å². The lowest BCUT2D eigenvalue weighted by atomic mass is 9.90. The molecule has 1 fully saturated rings. The zero-order chi connectivity index (χ0) is 11.7. The SMILES string of the molecule is OC(CC1CCOC1)C1CCc2cccnc21. The zero-order valence-corrected chi connectivity index (χ0v) is 10.0. The number of ether oxygens (including phenoxy) is 1. The first kappa shape index (κ1) is 11.2. The molecule has 92 valence electrons. The maximum Gasteiger partial charge on any atom is 0.0627 e. The van der Waals surface area contributed by atoms with Crippen molar-refractivity contribution in [1.82, 2.24) is 4.98 Å². The lowest BCUT2D eigenvalue weighted by Gasteiger charge is -2.20. The molecule has 2 heterocycles. The fourth-order valence-electron chi connectivity index (χ4n) is 3.09. The molecule has 0 spiro atoms. The number of pyridine rings is 1. The van der Waals surface area contributed by atoms with Crippen LogP contribution in [-0.4, -0.2) is 29.4 Å². The fraction of sp³-hybridized carbons (Fsp3) is 0.643. The van der Waals surface area contributed by atoms with Crippen LogP contribution in [0.25, 0.3) is 0 Å². The van der Waals surface area contributed by atoms with Gasteiger partial charge in [-0.15, -0.1) is 0 Å². The molecule has 0 aromatic carbocycles. The minimum Gasteiger partial charge on any atom is -0.392 e. The number of fused-ring (bicyclic) bond motifs is 1. The van der Waals surface area contributed by atoms with Crippen molar-refractivity contribution in [2.75, 3.05) is 13.2 Å². The highest BCUT2D eigenvalue weighted by atomic mass is 16.5. The predicted molar refractivity (Wildman–Crippen MR) is 64.8 cm³/mol. The lowest BCUT2D eigenvalue weighted by Crippen LogP contribution is -2.21. The molecule has 3 nitrogen and oxygen atoms in total. The van der Waals surface area contributed by atoms with E-state index >= 15 is 0 Å². The Labute approximate surface area is 102 Å². The summed E-state index contributed by atoms with van der Waals surface area (Å²) in [6, 6.07) is 4.12. The van der Waals surface area contributed by atoms with Crippen LogP contribution in [0.5, 0.6) is 0 Å². The monoisotopic (exact) mass is 233 g/mol. The standard InChI is InChI=1S/C14H19NO2/c16-13(8-10-5-7-17-9-10)12-4-3-11-2-1-6-15-14(11)12/h1-2,6,10,12-13,16H,3-5,7-9H2. The van der Waals surface area contributed by atoms with Crippen LogP contribution >= 0.6 is 0 Å². The molecule has 1 aromatic heterocycles. The Morgan fingerprint density at radius 2 is 2.41 bits per heavy atom. The second-order valence-corrected chi connectivity index (χ2v) is 5.23. The smallest absolute Gasteiger partial charge is 0.0627 e. The van der Waals surface area contributed by atoms with Crippen molar-refractivity contribution in [2.24, 2.45) is 5.92 Å². The van der Waals surface area contributed by atoms with Crippen molar-refractivity contribution in [1.29, 1.82) is 0 Å². The van der Waals surface area contributed by atoms with E-state index in [9.17, 15) is 5.11 Å². The van der Waals surface area contributed by atoms with Crippen molar-refractivity contribution in [3.8, 4) is 0 Å². The molecule has 17 heavy (non-hydrogen) atoms. The molecular weight excluding hydrogens is 214 g/mol. The molecule has 3 rings (SSSR count). The topological polar surface area (TPSA) is 42.4 Å². The number of hydrogen-bond acceptors (Lipinski definition) is 3. The summed E-state index contributed by atoms with van der Waals surface area (Å²) in [5, 5.41) is 10.4. The van der Waals surface area contributed by atoms with Gasteiger partial charge in [-0.2, -0.15) is 0 Å². The van der Waals surface area contributed by atoms with E-state index in [1.165, 1.54) is 5.56 Å². The molecular formula is C14H19NO2. The third-order valence-electron chi connectivity index (χ3n) is 4.07. The summed E-state index contributed by atoms with van der Waals surface area (Å²) in [4.78, 5) is 4.45. The maximum atomic E-state index is 10.4. The fourth-order valence-corrected chi connectivity index (χ4v) is 3.09. The molecule has 3 heteroatoms. The summed E-state index contributed by atoms with van der Waals surface area (Å²) >= 11 is 0. The van der Waals surface area contributed by atoms with Crippen molar-refractivity contribution in [2.45, 2.75) is 37.7 Å². The Morgan fingerprint density at radius 1 is 1.47 bits per heavy atom. The van der Waals surface area contributed by atoms with Crippen LogP contribution in [0.2, 0.25) is 0 Å². The van der Waals surface area contributed by atoms with Crippen LogP contribution < -0.4 is 0 Å². The second-order valence-electron chi connectivity index (χ2n) is 5.23. The second kappa shape index (κ2) is 4.75. The van der Waals surface area contributed by atoms with Crippen LogP contribution in [0, 0.1) is 5.92 Å². The van der Waals surface area contributed by atoms with E-state index in [0.717, 1.165) is 44.6 Å². The van der Waals surface area contributed by atoms with Gasteiger partial charge in [0.15, 0.2) is 0 Å². The lowest BCUT2D eigenvalue weighted by molar-refractivity contribution is 0.104. The first-order valence-corrected chi connectivity index (χ1v) is 6.54. The number of nitrogens with zero attached hydrogens (tertiary/aromatic N) is 1. The van der Waals surface area contributed by atoms with Gasteiger partial charge in [0.05, 0.1) is 6.10 Å². The molecule has 0 amide bonds. The van der Waals surface area contributed by atoms with Gasteiger partial charge in [0.25, 0.3) is 0 Å². The summed E-state index contributed by atoms with van der Waals surface area (Å²) in [6.07, 6.45) is 5.65. The van der Waals surface area contributed by atoms with E-state index in [0.29, 0.717) is 5.92 Å². The Bertz CT molecular complexity index is 388. The quantitative estimate of drug-likeness (QED) is 0.867. The molecule has 1 aliphatic carbocycles. The molecule has 1 aromatic rings. The van der Waals surface area contributed by atoms with Crippen LogP contribution in [0.4, 0.5) is 0 Å². The Balaban J connectivity index is 1.68. The number of rotatable bonds is 3.